The topological polar surface area (TPSA) is 12.0 Å². The molecule has 1 aromatic rings. The van der Waals surface area contributed by atoms with Gasteiger partial charge in [0.1, 0.15) is 5.82 Å². The molecule has 1 N–H and O–H groups in total. The molecule has 0 heterocycles. The van der Waals surface area contributed by atoms with E-state index in [9.17, 15) is 4.39 Å². The van der Waals surface area contributed by atoms with Crippen molar-refractivity contribution in [3.8, 4) is 0 Å². The lowest BCUT2D eigenvalue weighted by molar-refractivity contribution is 0.393. The van der Waals surface area contributed by atoms with Gasteiger partial charge in [0.05, 0.1) is 0 Å². The van der Waals surface area contributed by atoms with Crippen LogP contribution in [0.1, 0.15) is 32.3 Å². The summed E-state index contributed by atoms with van der Waals surface area (Å²) in [5.74, 6) is 0.465. The third-order valence-corrected chi connectivity index (χ3v) is 3.89. The normalized spacial score (nSPS) is 13.1. The average Bonchev–Trinajstić information content (AvgIpc) is 2.26. The monoisotopic (exact) mass is 301 g/mol. The molecule has 0 amide bonds. The minimum Gasteiger partial charge on any atom is -0.317 e. The predicted molar refractivity (Wildman–Crippen MR) is 74.7 cm³/mol. The number of aryl methyl sites for hydroxylation is 1. The highest BCUT2D eigenvalue weighted by Crippen LogP contribution is 2.20. The van der Waals surface area contributed by atoms with E-state index in [1.54, 1.807) is 0 Å². The second kappa shape index (κ2) is 7.12. The molecule has 3 heteroatoms. The van der Waals surface area contributed by atoms with Crippen LogP contribution in [-0.4, -0.2) is 13.1 Å². The highest BCUT2D eigenvalue weighted by molar-refractivity contribution is 9.10. The molecule has 1 rings (SSSR count). The van der Waals surface area contributed by atoms with Crippen molar-refractivity contribution in [2.24, 2.45) is 5.92 Å². The van der Waals surface area contributed by atoms with Crippen LogP contribution >= 0.6 is 15.9 Å². The molecule has 0 spiro atoms. The van der Waals surface area contributed by atoms with Crippen molar-refractivity contribution in [3.63, 3.8) is 0 Å². The first-order valence-corrected chi connectivity index (χ1v) is 6.95. The molecule has 1 aromatic carbocycles. The first kappa shape index (κ1) is 14.7. The van der Waals surface area contributed by atoms with Gasteiger partial charge in [-0.15, -0.1) is 0 Å². The summed E-state index contributed by atoms with van der Waals surface area (Å²) in [4.78, 5) is 0. The SMILES string of the molecule is CNC(CCCc1ccc(F)cc1Br)C(C)C. The van der Waals surface area contributed by atoms with Crippen molar-refractivity contribution in [2.45, 2.75) is 39.2 Å². The van der Waals surface area contributed by atoms with E-state index >= 15 is 0 Å². The Balaban J connectivity index is 2.45. The molecule has 17 heavy (non-hydrogen) atoms. The molecule has 0 saturated carbocycles. The summed E-state index contributed by atoms with van der Waals surface area (Å²) in [6.45, 7) is 4.46. The Morgan fingerprint density at radius 2 is 2.06 bits per heavy atom. The fourth-order valence-electron chi connectivity index (χ4n) is 2.05. The van der Waals surface area contributed by atoms with Crippen molar-refractivity contribution < 1.29 is 4.39 Å². The number of halogens is 2. The van der Waals surface area contributed by atoms with Crippen molar-refractivity contribution >= 4 is 15.9 Å². The van der Waals surface area contributed by atoms with Crippen LogP contribution in [0.5, 0.6) is 0 Å². The summed E-state index contributed by atoms with van der Waals surface area (Å²) in [5.41, 5.74) is 1.19. The van der Waals surface area contributed by atoms with Gasteiger partial charge in [0, 0.05) is 10.5 Å². The molecule has 0 saturated heterocycles. The highest BCUT2D eigenvalue weighted by atomic mass is 79.9. The number of hydrogen-bond acceptors (Lipinski definition) is 1. The van der Waals surface area contributed by atoms with Crippen molar-refractivity contribution in [1.82, 2.24) is 5.32 Å². The zero-order valence-electron chi connectivity index (χ0n) is 10.8. The Bertz CT molecular complexity index is 352. The molecule has 0 fully saturated rings. The van der Waals surface area contributed by atoms with Crippen molar-refractivity contribution in [3.05, 3.63) is 34.1 Å². The summed E-state index contributed by atoms with van der Waals surface area (Å²) < 4.78 is 13.8. The van der Waals surface area contributed by atoms with E-state index in [0.29, 0.717) is 12.0 Å². The van der Waals surface area contributed by atoms with Gasteiger partial charge in [-0.3, -0.25) is 0 Å². The minimum atomic E-state index is -0.184. The van der Waals surface area contributed by atoms with Crippen LogP contribution in [0.15, 0.2) is 22.7 Å². The molecule has 1 unspecified atom stereocenters. The summed E-state index contributed by atoms with van der Waals surface area (Å²) in [6.07, 6.45) is 3.26. The summed E-state index contributed by atoms with van der Waals surface area (Å²) >= 11 is 3.40. The fraction of sp³-hybridized carbons (Fsp3) is 0.571. The largest absolute Gasteiger partial charge is 0.317 e. The van der Waals surface area contributed by atoms with E-state index < -0.39 is 0 Å². The molecule has 0 aliphatic heterocycles. The van der Waals surface area contributed by atoms with Crippen LogP contribution < -0.4 is 5.32 Å². The lowest BCUT2D eigenvalue weighted by atomic mass is 9.97. The van der Waals surface area contributed by atoms with Crippen molar-refractivity contribution in [2.75, 3.05) is 7.05 Å². The maximum Gasteiger partial charge on any atom is 0.124 e. The molecule has 96 valence electrons. The molecule has 0 radical (unpaired) electrons. The lowest BCUT2D eigenvalue weighted by Gasteiger charge is -2.20. The predicted octanol–water partition coefficient (Wildman–Crippen LogP) is 4.15. The van der Waals surface area contributed by atoms with E-state index in [4.69, 9.17) is 0 Å². The molecule has 1 atom stereocenters. The van der Waals surface area contributed by atoms with E-state index in [-0.39, 0.29) is 5.82 Å². The van der Waals surface area contributed by atoms with E-state index in [1.165, 1.54) is 17.7 Å². The molecular weight excluding hydrogens is 281 g/mol. The summed E-state index contributed by atoms with van der Waals surface area (Å²) in [5, 5.41) is 3.34. The number of benzene rings is 1. The first-order chi connectivity index (χ1) is 8.04. The average molecular weight is 302 g/mol. The smallest absolute Gasteiger partial charge is 0.124 e. The van der Waals surface area contributed by atoms with Crippen LogP contribution in [0.25, 0.3) is 0 Å². The lowest BCUT2D eigenvalue weighted by Crippen LogP contribution is -2.30. The third kappa shape index (κ3) is 4.76. The number of nitrogens with one attached hydrogen (secondary N) is 1. The molecular formula is C14H21BrFN. The van der Waals surface area contributed by atoms with Gasteiger partial charge in [-0.05, 0) is 49.9 Å². The molecule has 0 aromatic heterocycles. The minimum absolute atomic E-state index is 0.184. The van der Waals surface area contributed by atoms with E-state index in [2.05, 4.69) is 35.1 Å². The highest BCUT2D eigenvalue weighted by Gasteiger charge is 2.10. The Hall–Kier alpha value is -0.410. The maximum absolute atomic E-state index is 12.9. The Labute approximate surface area is 112 Å². The standard InChI is InChI=1S/C14H21BrFN/c1-10(2)14(17-3)6-4-5-11-7-8-12(16)9-13(11)15/h7-10,14,17H,4-6H2,1-3H3. The third-order valence-electron chi connectivity index (χ3n) is 3.15. The van der Waals surface area contributed by atoms with Crippen LogP contribution in [0.3, 0.4) is 0 Å². The summed E-state index contributed by atoms with van der Waals surface area (Å²) in [6, 6.07) is 5.49. The van der Waals surface area contributed by atoms with Gasteiger partial charge in [-0.2, -0.15) is 0 Å². The fourth-order valence-corrected chi connectivity index (χ4v) is 2.60. The molecule has 0 aliphatic carbocycles. The number of hydrogen-bond donors (Lipinski definition) is 1. The summed E-state index contributed by atoms with van der Waals surface area (Å²) in [7, 11) is 2.01. The van der Waals surface area contributed by atoms with Crippen LogP contribution in [0, 0.1) is 11.7 Å². The Morgan fingerprint density at radius 3 is 2.59 bits per heavy atom. The van der Waals surface area contributed by atoms with Gasteiger partial charge in [0.2, 0.25) is 0 Å². The molecule has 0 bridgehead atoms. The Kier molecular flexibility index (Phi) is 6.14. The Morgan fingerprint density at radius 1 is 1.35 bits per heavy atom. The second-order valence-electron chi connectivity index (χ2n) is 4.77. The number of rotatable bonds is 6. The maximum atomic E-state index is 12.9. The molecule has 0 aliphatic rings. The van der Waals surface area contributed by atoms with Gasteiger partial charge in [-0.25, -0.2) is 4.39 Å². The zero-order chi connectivity index (χ0) is 12.8. The van der Waals surface area contributed by atoms with E-state index in [0.717, 1.165) is 23.7 Å². The van der Waals surface area contributed by atoms with Crippen LogP contribution in [0.4, 0.5) is 4.39 Å². The van der Waals surface area contributed by atoms with Crippen LogP contribution in [0.2, 0.25) is 0 Å². The first-order valence-electron chi connectivity index (χ1n) is 6.15. The van der Waals surface area contributed by atoms with Gasteiger partial charge in [0.25, 0.3) is 0 Å². The van der Waals surface area contributed by atoms with Gasteiger partial charge >= 0.3 is 0 Å². The second-order valence-corrected chi connectivity index (χ2v) is 5.62. The van der Waals surface area contributed by atoms with Crippen molar-refractivity contribution in [1.29, 1.82) is 0 Å². The van der Waals surface area contributed by atoms with Gasteiger partial charge in [0.15, 0.2) is 0 Å². The molecule has 1 nitrogen and oxygen atoms in total. The zero-order valence-corrected chi connectivity index (χ0v) is 12.3. The van der Waals surface area contributed by atoms with Crippen LogP contribution in [-0.2, 0) is 6.42 Å². The van der Waals surface area contributed by atoms with Gasteiger partial charge in [-0.1, -0.05) is 35.8 Å². The quantitative estimate of drug-likeness (QED) is 0.832. The van der Waals surface area contributed by atoms with E-state index in [1.807, 2.05) is 13.1 Å². The van der Waals surface area contributed by atoms with Gasteiger partial charge < -0.3 is 5.32 Å².